The average Bonchev–Trinajstić information content (AvgIpc) is 3.18. The zero-order valence-corrected chi connectivity index (χ0v) is 15.1. The standard InChI is InChI=1S/C17H23N5OS/c1-17(2,3)12-21(8-4-9-23)15-6-5-14-18-19-16(22(14)20-15)13-7-10-24-11-13/h5-7,10-11,23H,4,8-9,12H2,1-3H3. The Hall–Kier alpha value is -1.99. The summed E-state index contributed by atoms with van der Waals surface area (Å²) in [6.45, 7) is 8.41. The summed E-state index contributed by atoms with van der Waals surface area (Å²) in [6.07, 6.45) is 0.718. The Morgan fingerprint density at radius 3 is 2.71 bits per heavy atom. The lowest BCUT2D eigenvalue weighted by Gasteiger charge is -2.30. The van der Waals surface area contributed by atoms with Crippen molar-refractivity contribution in [3.63, 3.8) is 0 Å². The summed E-state index contributed by atoms with van der Waals surface area (Å²) in [5.41, 5.74) is 1.89. The van der Waals surface area contributed by atoms with Gasteiger partial charge in [0, 0.05) is 30.6 Å². The van der Waals surface area contributed by atoms with E-state index in [9.17, 15) is 5.11 Å². The molecule has 0 aromatic carbocycles. The Morgan fingerprint density at radius 1 is 1.21 bits per heavy atom. The minimum absolute atomic E-state index is 0.134. The third-order valence-corrected chi connectivity index (χ3v) is 4.29. The molecular weight excluding hydrogens is 322 g/mol. The monoisotopic (exact) mass is 345 g/mol. The van der Waals surface area contributed by atoms with Gasteiger partial charge in [-0.25, -0.2) is 0 Å². The SMILES string of the molecule is CC(C)(C)CN(CCCO)c1ccc2nnc(-c3ccsc3)n2n1. The number of thiophene rings is 1. The largest absolute Gasteiger partial charge is 0.396 e. The minimum atomic E-state index is 0.134. The Kier molecular flexibility index (Phi) is 4.82. The third kappa shape index (κ3) is 3.73. The van der Waals surface area contributed by atoms with E-state index in [1.54, 1.807) is 15.9 Å². The molecule has 7 heteroatoms. The van der Waals surface area contributed by atoms with E-state index in [-0.39, 0.29) is 12.0 Å². The van der Waals surface area contributed by atoms with Crippen molar-refractivity contribution in [3.8, 4) is 11.4 Å². The second-order valence-corrected chi connectivity index (χ2v) is 7.84. The highest BCUT2D eigenvalue weighted by Gasteiger charge is 2.19. The smallest absolute Gasteiger partial charge is 0.186 e. The summed E-state index contributed by atoms with van der Waals surface area (Å²) in [7, 11) is 0. The first-order chi connectivity index (χ1) is 11.5. The van der Waals surface area contributed by atoms with Crippen molar-refractivity contribution in [2.45, 2.75) is 27.2 Å². The lowest BCUT2D eigenvalue weighted by molar-refractivity contribution is 0.286. The first-order valence-electron chi connectivity index (χ1n) is 8.09. The molecule has 0 unspecified atom stereocenters. The molecule has 3 heterocycles. The number of anilines is 1. The first kappa shape index (κ1) is 16.9. The molecule has 128 valence electrons. The number of aromatic nitrogens is 4. The van der Waals surface area contributed by atoms with E-state index in [2.05, 4.69) is 35.9 Å². The topological polar surface area (TPSA) is 66.5 Å². The van der Waals surface area contributed by atoms with E-state index in [4.69, 9.17) is 5.10 Å². The molecule has 0 saturated heterocycles. The van der Waals surface area contributed by atoms with Crippen LogP contribution in [-0.4, -0.2) is 44.6 Å². The van der Waals surface area contributed by atoms with Crippen molar-refractivity contribution < 1.29 is 5.11 Å². The number of hydrogen-bond acceptors (Lipinski definition) is 6. The quantitative estimate of drug-likeness (QED) is 0.744. The highest BCUT2D eigenvalue weighted by atomic mass is 32.1. The molecule has 0 radical (unpaired) electrons. The van der Waals surface area contributed by atoms with Gasteiger partial charge in [-0.05, 0) is 35.4 Å². The fraction of sp³-hybridized carbons (Fsp3) is 0.471. The molecule has 3 aromatic heterocycles. The molecule has 0 fully saturated rings. The predicted octanol–water partition coefficient (Wildman–Crippen LogP) is 3.09. The van der Waals surface area contributed by atoms with E-state index in [1.165, 1.54) is 0 Å². The summed E-state index contributed by atoms with van der Waals surface area (Å²) in [4.78, 5) is 2.22. The van der Waals surface area contributed by atoms with Crippen LogP contribution in [0.5, 0.6) is 0 Å². The molecule has 0 aliphatic carbocycles. The van der Waals surface area contributed by atoms with Gasteiger partial charge in [-0.1, -0.05) is 20.8 Å². The summed E-state index contributed by atoms with van der Waals surface area (Å²) in [5, 5.41) is 26.5. The van der Waals surface area contributed by atoms with E-state index in [0.29, 0.717) is 0 Å². The molecule has 3 rings (SSSR count). The summed E-state index contributed by atoms with van der Waals surface area (Å²) < 4.78 is 1.80. The maximum atomic E-state index is 9.20. The van der Waals surface area contributed by atoms with Gasteiger partial charge in [0.2, 0.25) is 0 Å². The van der Waals surface area contributed by atoms with Gasteiger partial charge in [-0.2, -0.15) is 15.9 Å². The van der Waals surface area contributed by atoms with Gasteiger partial charge in [0.1, 0.15) is 5.82 Å². The molecule has 3 aromatic rings. The number of hydrogen-bond donors (Lipinski definition) is 1. The number of nitrogens with zero attached hydrogens (tertiary/aromatic N) is 5. The second kappa shape index (κ2) is 6.86. The molecule has 24 heavy (non-hydrogen) atoms. The zero-order valence-electron chi connectivity index (χ0n) is 14.3. The third-order valence-electron chi connectivity index (χ3n) is 3.60. The van der Waals surface area contributed by atoms with Crippen LogP contribution in [0.2, 0.25) is 0 Å². The molecular formula is C17H23N5OS. The molecule has 1 N–H and O–H groups in total. The number of rotatable bonds is 6. The Bertz CT molecular complexity index is 791. The Morgan fingerprint density at radius 2 is 2.04 bits per heavy atom. The van der Waals surface area contributed by atoms with Crippen molar-refractivity contribution in [1.29, 1.82) is 0 Å². The van der Waals surface area contributed by atoms with Gasteiger partial charge in [-0.3, -0.25) is 0 Å². The summed E-state index contributed by atoms with van der Waals surface area (Å²) >= 11 is 1.63. The molecule has 6 nitrogen and oxygen atoms in total. The molecule has 0 aliphatic heterocycles. The van der Waals surface area contributed by atoms with E-state index in [1.807, 2.05) is 29.0 Å². The van der Waals surface area contributed by atoms with E-state index < -0.39 is 0 Å². The van der Waals surface area contributed by atoms with E-state index in [0.717, 1.165) is 42.4 Å². The number of fused-ring (bicyclic) bond motifs is 1. The Balaban J connectivity index is 1.99. The van der Waals surface area contributed by atoms with Gasteiger partial charge in [0.05, 0.1) is 0 Å². The zero-order chi connectivity index (χ0) is 17.2. The van der Waals surface area contributed by atoms with E-state index >= 15 is 0 Å². The number of aliphatic hydroxyl groups excluding tert-OH is 1. The number of aliphatic hydroxyl groups is 1. The summed E-state index contributed by atoms with van der Waals surface area (Å²) in [6, 6.07) is 5.94. The van der Waals surface area contributed by atoms with Crippen LogP contribution in [0.1, 0.15) is 27.2 Å². The fourth-order valence-electron chi connectivity index (χ4n) is 2.63. The first-order valence-corrected chi connectivity index (χ1v) is 9.03. The van der Waals surface area contributed by atoms with Crippen LogP contribution < -0.4 is 4.90 Å². The van der Waals surface area contributed by atoms with Crippen LogP contribution >= 0.6 is 11.3 Å². The second-order valence-electron chi connectivity index (χ2n) is 7.06. The lowest BCUT2D eigenvalue weighted by atomic mass is 9.96. The molecule has 0 aliphatic rings. The van der Waals surface area contributed by atoms with Crippen molar-refractivity contribution in [3.05, 3.63) is 29.0 Å². The molecule has 0 saturated carbocycles. The van der Waals surface area contributed by atoms with Crippen LogP contribution in [0.3, 0.4) is 0 Å². The van der Waals surface area contributed by atoms with Crippen molar-refractivity contribution in [1.82, 2.24) is 19.8 Å². The Labute approximate surface area is 145 Å². The maximum Gasteiger partial charge on any atom is 0.186 e. The van der Waals surface area contributed by atoms with Crippen LogP contribution in [0.4, 0.5) is 5.82 Å². The van der Waals surface area contributed by atoms with Gasteiger partial charge >= 0.3 is 0 Å². The molecule has 0 atom stereocenters. The van der Waals surface area contributed by atoms with Gasteiger partial charge in [0.15, 0.2) is 11.5 Å². The van der Waals surface area contributed by atoms with Gasteiger partial charge in [0.25, 0.3) is 0 Å². The minimum Gasteiger partial charge on any atom is -0.396 e. The predicted molar refractivity (Wildman–Crippen MR) is 97.5 cm³/mol. The van der Waals surface area contributed by atoms with Crippen LogP contribution in [-0.2, 0) is 0 Å². The molecule has 0 amide bonds. The maximum absolute atomic E-state index is 9.20. The summed E-state index contributed by atoms with van der Waals surface area (Å²) in [5.74, 6) is 1.63. The van der Waals surface area contributed by atoms with Crippen LogP contribution in [0.25, 0.3) is 17.0 Å². The lowest BCUT2D eigenvalue weighted by Crippen LogP contribution is -2.34. The van der Waals surface area contributed by atoms with Gasteiger partial charge in [-0.15, -0.1) is 15.3 Å². The normalized spacial score (nSPS) is 12.0. The van der Waals surface area contributed by atoms with Gasteiger partial charge < -0.3 is 10.0 Å². The van der Waals surface area contributed by atoms with Crippen LogP contribution in [0.15, 0.2) is 29.0 Å². The van der Waals surface area contributed by atoms with Crippen molar-refractivity contribution >= 4 is 22.8 Å². The highest BCUT2D eigenvalue weighted by molar-refractivity contribution is 7.08. The molecule has 0 spiro atoms. The highest BCUT2D eigenvalue weighted by Crippen LogP contribution is 2.24. The van der Waals surface area contributed by atoms with Crippen LogP contribution in [0, 0.1) is 5.41 Å². The average molecular weight is 345 g/mol. The molecule has 0 bridgehead atoms. The van der Waals surface area contributed by atoms with Crippen molar-refractivity contribution in [2.75, 3.05) is 24.6 Å². The van der Waals surface area contributed by atoms with Crippen molar-refractivity contribution in [2.24, 2.45) is 5.41 Å². The fourth-order valence-corrected chi connectivity index (χ4v) is 3.26.